The zero-order chi connectivity index (χ0) is 20.6. The number of nitrogens with zero attached hydrogens (tertiary/aromatic N) is 3. The van der Waals surface area contributed by atoms with E-state index in [1.807, 2.05) is 69.3 Å². The SMILES string of the molecule is Cc1nn2c(CNS(=O)(=O)Cc3ccc(C)c(C)c3)c(-c3ccccc3)nc2s1. The van der Waals surface area contributed by atoms with Crippen molar-refractivity contribution >= 4 is 26.3 Å². The zero-order valence-electron chi connectivity index (χ0n) is 16.5. The van der Waals surface area contributed by atoms with Crippen LogP contribution in [0.5, 0.6) is 0 Å². The van der Waals surface area contributed by atoms with Crippen LogP contribution in [-0.4, -0.2) is 23.0 Å². The quantitative estimate of drug-likeness (QED) is 0.506. The molecule has 2 heterocycles. The maximum absolute atomic E-state index is 12.7. The summed E-state index contributed by atoms with van der Waals surface area (Å²) in [5.41, 5.74) is 5.42. The first-order valence-electron chi connectivity index (χ1n) is 9.26. The number of hydrogen-bond acceptors (Lipinski definition) is 5. The fraction of sp³-hybridized carbons (Fsp3) is 0.238. The Morgan fingerprint density at radius 1 is 1.03 bits per heavy atom. The molecule has 0 aliphatic rings. The number of aryl methyl sites for hydroxylation is 3. The molecule has 0 radical (unpaired) electrons. The Morgan fingerprint density at radius 3 is 2.52 bits per heavy atom. The fourth-order valence-corrected chi connectivity index (χ4v) is 5.05. The third kappa shape index (κ3) is 4.24. The van der Waals surface area contributed by atoms with Crippen LogP contribution in [0.2, 0.25) is 0 Å². The fourth-order valence-electron chi connectivity index (χ4n) is 3.21. The first kappa shape index (κ1) is 19.8. The van der Waals surface area contributed by atoms with Crippen LogP contribution < -0.4 is 4.72 Å². The van der Waals surface area contributed by atoms with E-state index in [0.717, 1.165) is 43.6 Å². The molecule has 1 N–H and O–H groups in total. The van der Waals surface area contributed by atoms with Gasteiger partial charge in [0, 0.05) is 5.56 Å². The van der Waals surface area contributed by atoms with Gasteiger partial charge in [0.15, 0.2) is 0 Å². The summed E-state index contributed by atoms with van der Waals surface area (Å²) < 4.78 is 29.9. The van der Waals surface area contributed by atoms with Crippen molar-refractivity contribution in [1.82, 2.24) is 19.3 Å². The van der Waals surface area contributed by atoms with Gasteiger partial charge in [0.25, 0.3) is 0 Å². The summed E-state index contributed by atoms with van der Waals surface area (Å²) in [6.07, 6.45) is 0. The van der Waals surface area contributed by atoms with Gasteiger partial charge in [0.2, 0.25) is 15.0 Å². The Labute approximate surface area is 174 Å². The number of benzene rings is 2. The maximum atomic E-state index is 12.7. The average molecular weight is 427 g/mol. The molecule has 0 bridgehead atoms. The van der Waals surface area contributed by atoms with Crippen molar-refractivity contribution in [1.29, 1.82) is 0 Å². The van der Waals surface area contributed by atoms with Gasteiger partial charge in [-0.1, -0.05) is 59.9 Å². The number of hydrogen-bond donors (Lipinski definition) is 1. The molecule has 0 saturated carbocycles. The van der Waals surface area contributed by atoms with Crippen LogP contribution in [0.15, 0.2) is 48.5 Å². The molecular weight excluding hydrogens is 404 g/mol. The van der Waals surface area contributed by atoms with Gasteiger partial charge >= 0.3 is 0 Å². The first-order chi connectivity index (χ1) is 13.8. The predicted molar refractivity (Wildman–Crippen MR) is 116 cm³/mol. The molecule has 4 rings (SSSR count). The maximum Gasteiger partial charge on any atom is 0.216 e. The van der Waals surface area contributed by atoms with Crippen molar-refractivity contribution in [2.45, 2.75) is 33.1 Å². The minimum Gasteiger partial charge on any atom is -0.217 e. The van der Waals surface area contributed by atoms with Crippen LogP contribution in [0.1, 0.15) is 27.4 Å². The van der Waals surface area contributed by atoms with Crippen LogP contribution in [0.3, 0.4) is 0 Å². The lowest BCUT2D eigenvalue weighted by Crippen LogP contribution is -2.25. The highest BCUT2D eigenvalue weighted by Crippen LogP contribution is 2.27. The lowest BCUT2D eigenvalue weighted by Gasteiger charge is -2.09. The minimum absolute atomic E-state index is 0.0627. The van der Waals surface area contributed by atoms with E-state index in [1.54, 1.807) is 4.52 Å². The molecule has 0 spiro atoms. The van der Waals surface area contributed by atoms with Crippen LogP contribution in [0, 0.1) is 20.8 Å². The normalized spacial score (nSPS) is 12.0. The minimum atomic E-state index is -3.52. The standard InChI is InChI=1S/C21H22N4O2S2/c1-14-9-10-17(11-15(14)2)13-29(26,27)22-12-19-20(18-7-5-4-6-8-18)23-21-25(19)24-16(3)28-21/h4-11,22H,12-13H2,1-3H3. The molecule has 6 nitrogen and oxygen atoms in total. The number of aromatic nitrogens is 3. The molecule has 0 amide bonds. The van der Waals surface area contributed by atoms with Crippen LogP contribution in [-0.2, 0) is 22.3 Å². The second-order valence-corrected chi connectivity index (χ2v) is 10.1. The van der Waals surface area contributed by atoms with Crippen molar-refractivity contribution in [3.05, 3.63) is 75.9 Å². The Morgan fingerprint density at radius 2 is 1.79 bits per heavy atom. The number of sulfonamides is 1. The number of nitrogens with one attached hydrogen (secondary N) is 1. The molecule has 4 aromatic rings. The Hall–Kier alpha value is -2.55. The van der Waals surface area contributed by atoms with E-state index in [-0.39, 0.29) is 12.3 Å². The van der Waals surface area contributed by atoms with E-state index in [2.05, 4.69) is 9.82 Å². The van der Waals surface area contributed by atoms with Gasteiger partial charge in [0.05, 0.1) is 23.7 Å². The molecule has 29 heavy (non-hydrogen) atoms. The van der Waals surface area contributed by atoms with E-state index >= 15 is 0 Å². The zero-order valence-corrected chi connectivity index (χ0v) is 18.1. The average Bonchev–Trinajstić information content (AvgIpc) is 3.19. The van der Waals surface area contributed by atoms with Gasteiger partial charge < -0.3 is 0 Å². The van der Waals surface area contributed by atoms with Crippen LogP contribution in [0.4, 0.5) is 0 Å². The highest BCUT2D eigenvalue weighted by Gasteiger charge is 2.20. The molecule has 150 valence electrons. The third-order valence-electron chi connectivity index (χ3n) is 4.83. The summed E-state index contributed by atoms with van der Waals surface area (Å²) in [5, 5.41) is 5.38. The Balaban J connectivity index is 1.62. The van der Waals surface area contributed by atoms with Gasteiger partial charge in [-0.2, -0.15) is 5.10 Å². The summed E-state index contributed by atoms with van der Waals surface area (Å²) in [5.74, 6) is -0.0627. The summed E-state index contributed by atoms with van der Waals surface area (Å²) in [6, 6.07) is 15.5. The summed E-state index contributed by atoms with van der Waals surface area (Å²) in [7, 11) is -3.52. The molecule has 2 aromatic heterocycles. The van der Waals surface area contributed by atoms with Crippen molar-refractivity contribution in [2.24, 2.45) is 0 Å². The largest absolute Gasteiger partial charge is 0.217 e. The molecule has 0 atom stereocenters. The lowest BCUT2D eigenvalue weighted by molar-refractivity contribution is 0.579. The topological polar surface area (TPSA) is 76.4 Å². The van der Waals surface area contributed by atoms with Crippen molar-refractivity contribution in [3.8, 4) is 11.3 Å². The van der Waals surface area contributed by atoms with Gasteiger partial charge in [-0.05, 0) is 37.5 Å². The molecule has 0 aliphatic carbocycles. The predicted octanol–water partition coefficient (Wildman–Crippen LogP) is 4.00. The first-order valence-corrected chi connectivity index (χ1v) is 11.7. The molecule has 0 unspecified atom stereocenters. The monoisotopic (exact) mass is 426 g/mol. The van der Waals surface area contributed by atoms with Crippen molar-refractivity contribution < 1.29 is 8.42 Å². The molecule has 0 aliphatic heterocycles. The van der Waals surface area contributed by atoms with E-state index < -0.39 is 10.0 Å². The smallest absolute Gasteiger partial charge is 0.216 e. The van der Waals surface area contributed by atoms with Crippen molar-refractivity contribution in [2.75, 3.05) is 0 Å². The van der Waals surface area contributed by atoms with Gasteiger partial charge in [-0.25, -0.2) is 22.6 Å². The molecule has 2 aromatic carbocycles. The third-order valence-corrected chi connectivity index (χ3v) is 6.95. The summed E-state index contributed by atoms with van der Waals surface area (Å²) >= 11 is 1.48. The highest BCUT2D eigenvalue weighted by atomic mass is 32.2. The van der Waals surface area contributed by atoms with E-state index in [9.17, 15) is 8.42 Å². The van der Waals surface area contributed by atoms with E-state index in [4.69, 9.17) is 4.98 Å². The Bertz CT molecular complexity index is 1280. The number of rotatable bonds is 6. The van der Waals surface area contributed by atoms with Gasteiger partial charge in [-0.15, -0.1) is 0 Å². The second kappa shape index (κ2) is 7.70. The molecule has 0 saturated heterocycles. The molecule has 0 fully saturated rings. The van der Waals surface area contributed by atoms with Gasteiger partial charge in [0.1, 0.15) is 5.01 Å². The second-order valence-electron chi connectivity index (χ2n) is 7.09. The Kier molecular flexibility index (Phi) is 5.24. The van der Waals surface area contributed by atoms with Crippen LogP contribution in [0.25, 0.3) is 16.2 Å². The highest BCUT2D eigenvalue weighted by molar-refractivity contribution is 7.88. The molecule has 8 heteroatoms. The van der Waals surface area contributed by atoms with Gasteiger partial charge in [-0.3, -0.25) is 0 Å². The number of imidazole rings is 1. The van der Waals surface area contributed by atoms with Crippen molar-refractivity contribution in [3.63, 3.8) is 0 Å². The lowest BCUT2D eigenvalue weighted by atomic mass is 10.1. The number of fused-ring (bicyclic) bond motifs is 1. The summed E-state index contributed by atoms with van der Waals surface area (Å²) in [6.45, 7) is 6.03. The molecular formula is C21H22N4O2S2. The summed E-state index contributed by atoms with van der Waals surface area (Å²) in [4.78, 5) is 5.45. The van der Waals surface area contributed by atoms with E-state index in [0.29, 0.717) is 0 Å². The van der Waals surface area contributed by atoms with Crippen LogP contribution >= 0.6 is 11.3 Å². The van der Waals surface area contributed by atoms with E-state index in [1.165, 1.54) is 11.3 Å².